The molecule has 0 bridgehead atoms. The van der Waals surface area contributed by atoms with Gasteiger partial charge in [-0.15, -0.1) is 0 Å². The lowest BCUT2D eigenvalue weighted by atomic mass is 10.1. The summed E-state index contributed by atoms with van der Waals surface area (Å²) >= 11 is 0. The second-order valence-corrected chi connectivity index (χ2v) is 6.91. The van der Waals surface area contributed by atoms with E-state index in [2.05, 4.69) is 42.2 Å². The van der Waals surface area contributed by atoms with Crippen molar-refractivity contribution in [3.63, 3.8) is 0 Å². The van der Waals surface area contributed by atoms with Gasteiger partial charge in [-0.2, -0.15) is 5.26 Å². The molecule has 2 nitrogen and oxygen atoms in total. The van der Waals surface area contributed by atoms with Crippen molar-refractivity contribution < 1.29 is 0 Å². The summed E-state index contributed by atoms with van der Waals surface area (Å²) < 4.78 is 0. The summed E-state index contributed by atoms with van der Waals surface area (Å²) in [6.07, 6.45) is 17.9. The fourth-order valence-electron chi connectivity index (χ4n) is 3.56. The predicted molar refractivity (Wildman–Crippen MR) is 103 cm³/mol. The molecule has 1 aromatic carbocycles. The van der Waals surface area contributed by atoms with Crippen LogP contribution in [-0.2, 0) is 0 Å². The number of hydrogen-bond acceptors (Lipinski definition) is 2. The van der Waals surface area contributed by atoms with Crippen LogP contribution in [0.2, 0.25) is 0 Å². The average Bonchev–Trinajstić information content (AvgIpc) is 3.09. The van der Waals surface area contributed by atoms with E-state index in [1.54, 1.807) is 0 Å². The fraction of sp³-hybridized carbons (Fsp3) is 0.591. The van der Waals surface area contributed by atoms with Crippen molar-refractivity contribution in [1.82, 2.24) is 0 Å². The zero-order valence-corrected chi connectivity index (χ0v) is 15.2. The maximum absolute atomic E-state index is 8.92. The van der Waals surface area contributed by atoms with Crippen LogP contribution < -0.4 is 4.90 Å². The molecule has 0 aliphatic carbocycles. The third-order valence-corrected chi connectivity index (χ3v) is 5.00. The van der Waals surface area contributed by atoms with Crippen LogP contribution >= 0.6 is 0 Å². The van der Waals surface area contributed by atoms with Gasteiger partial charge in [0, 0.05) is 18.3 Å². The first-order chi connectivity index (χ1) is 11.8. The largest absolute Gasteiger partial charge is 0.368 e. The Kier molecular flexibility index (Phi) is 8.46. The molecule has 1 fully saturated rings. The average molecular weight is 325 g/mol. The minimum atomic E-state index is 0.624. The Morgan fingerprint density at radius 1 is 1.08 bits per heavy atom. The third kappa shape index (κ3) is 6.04. The molecule has 0 spiro atoms. The number of allylic oxidation sites excluding steroid dienone is 1. The van der Waals surface area contributed by atoms with E-state index < -0.39 is 0 Å². The summed E-state index contributed by atoms with van der Waals surface area (Å²) in [4.78, 5) is 2.51. The van der Waals surface area contributed by atoms with Gasteiger partial charge in [-0.3, -0.25) is 0 Å². The molecule has 1 aliphatic rings. The van der Waals surface area contributed by atoms with E-state index >= 15 is 0 Å². The molecule has 1 atom stereocenters. The van der Waals surface area contributed by atoms with Crippen LogP contribution in [0.15, 0.2) is 36.4 Å². The van der Waals surface area contributed by atoms with Crippen LogP contribution in [0.4, 0.5) is 5.69 Å². The van der Waals surface area contributed by atoms with Crippen LogP contribution in [0, 0.1) is 11.3 Å². The standard InChI is InChI=1S/C22H32N2/c1-2-3-4-5-6-7-8-9-10-12-21-13-11-18-24(21)22-16-14-20(19-23)15-17-22/h9-10,14-17,21H,2-8,11-13,18H2,1H3/b10-9+. The molecular formula is C22H32N2. The second kappa shape index (κ2) is 10.9. The van der Waals surface area contributed by atoms with Gasteiger partial charge >= 0.3 is 0 Å². The molecule has 24 heavy (non-hydrogen) atoms. The van der Waals surface area contributed by atoms with Crippen LogP contribution in [0.3, 0.4) is 0 Å². The highest BCUT2D eigenvalue weighted by molar-refractivity contribution is 5.51. The number of nitriles is 1. The molecule has 1 aliphatic heterocycles. The van der Waals surface area contributed by atoms with Crippen LogP contribution in [0.25, 0.3) is 0 Å². The molecule has 0 saturated carbocycles. The monoisotopic (exact) mass is 324 g/mol. The smallest absolute Gasteiger partial charge is 0.0991 e. The van der Waals surface area contributed by atoms with Gasteiger partial charge in [0.15, 0.2) is 0 Å². The van der Waals surface area contributed by atoms with Gasteiger partial charge in [0.05, 0.1) is 11.6 Å². The van der Waals surface area contributed by atoms with Crippen molar-refractivity contribution in [2.24, 2.45) is 0 Å². The van der Waals surface area contributed by atoms with Gasteiger partial charge in [0.1, 0.15) is 0 Å². The minimum Gasteiger partial charge on any atom is -0.368 e. The second-order valence-electron chi connectivity index (χ2n) is 6.91. The van der Waals surface area contributed by atoms with E-state index in [1.807, 2.05) is 12.1 Å². The van der Waals surface area contributed by atoms with E-state index in [1.165, 1.54) is 63.5 Å². The minimum absolute atomic E-state index is 0.624. The van der Waals surface area contributed by atoms with Crippen molar-refractivity contribution in [3.05, 3.63) is 42.0 Å². The maximum atomic E-state index is 8.92. The van der Waals surface area contributed by atoms with Crippen LogP contribution in [-0.4, -0.2) is 12.6 Å². The highest BCUT2D eigenvalue weighted by atomic mass is 15.2. The first-order valence-corrected chi connectivity index (χ1v) is 9.77. The lowest BCUT2D eigenvalue weighted by Crippen LogP contribution is -2.28. The van der Waals surface area contributed by atoms with Crippen molar-refractivity contribution in [2.45, 2.75) is 77.2 Å². The van der Waals surface area contributed by atoms with E-state index in [0.29, 0.717) is 6.04 Å². The summed E-state index contributed by atoms with van der Waals surface area (Å²) in [5.41, 5.74) is 2.01. The van der Waals surface area contributed by atoms with Crippen LogP contribution in [0.5, 0.6) is 0 Å². The van der Waals surface area contributed by atoms with Crippen molar-refractivity contribution in [1.29, 1.82) is 5.26 Å². The molecule has 1 saturated heterocycles. The first kappa shape index (κ1) is 18.6. The Bertz CT molecular complexity index is 524. The van der Waals surface area contributed by atoms with Crippen LogP contribution in [0.1, 0.15) is 76.7 Å². The molecular weight excluding hydrogens is 292 g/mol. The molecule has 2 heteroatoms. The topological polar surface area (TPSA) is 27.0 Å². The zero-order chi connectivity index (χ0) is 17.0. The third-order valence-electron chi connectivity index (χ3n) is 5.00. The van der Waals surface area contributed by atoms with Gasteiger partial charge < -0.3 is 4.90 Å². The molecule has 2 rings (SSSR count). The number of benzene rings is 1. The number of nitrogens with zero attached hydrogens (tertiary/aromatic N) is 2. The summed E-state index contributed by atoms with van der Waals surface area (Å²) in [6.45, 7) is 3.41. The Balaban J connectivity index is 1.69. The molecule has 0 N–H and O–H groups in total. The predicted octanol–water partition coefficient (Wildman–Crippen LogP) is 6.22. The van der Waals surface area contributed by atoms with Crippen molar-refractivity contribution in [3.8, 4) is 6.07 Å². The molecule has 0 amide bonds. The first-order valence-electron chi connectivity index (χ1n) is 9.77. The lowest BCUT2D eigenvalue weighted by molar-refractivity contribution is 0.610. The number of hydrogen-bond donors (Lipinski definition) is 0. The summed E-state index contributed by atoms with van der Waals surface area (Å²) in [6, 6.07) is 10.9. The normalized spacial score (nSPS) is 17.5. The zero-order valence-electron chi connectivity index (χ0n) is 15.2. The fourth-order valence-corrected chi connectivity index (χ4v) is 3.56. The van der Waals surface area contributed by atoms with Gasteiger partial charge in [-0.25, -0.2) is 0 Å². The van der Waals surface area contributed by atoms with Gasteiger partial charge in [0.25, 0.3) is 0 Å². The molecule has 1 heterocycles. The number of anilines is 1. The maximum Gasteiger partial charge on any atom is 0.0991 e. The van der Waals surface area contributed by atoms with Gasteiger partial charge in [0.2, 0.25) is 0 Å². The molecule has 1 aromatic rings. The van der Waals surface area contributed by atoms with Gasteiger partial charge in [-0.05, 0) is 56.4 Å². The number of rotatable bonds is 10. The highest BCUT2D eigenvalue weighted by Crippen LogP contribution is 2.27. The molecule has 1 unspecified atom stereocenters. The van der Waals surface area contributed by atoms with Crippen molar-refractivity contribution in [2.75, 3.05) is 11.4 Å². The van der Waals surface area contributed by atoms with Gasteiger partial charge in [-0.1, -0.05) is 51.2 Å². The van der Waals surface area contributed by atoms with E-state index in [9.17, 15) is 0 Å². The molecule has 0 radical (unpaired) electrons. The Morgan fingerprint density at radius 3 is 2.58 bits per heavy atom. The Hall–Kier alpha value is -1.75. The molecule has 0 aromatic heterocycles. The summed E-state index contributed by atoms with van der Waals surface area (Å²) in [5.74, 6) is 0. The highest BCUT2D eigenvalue weighted by Gasteiger charge is 2.23. The van der Waals surface area contributed by atoms with E-state index in [0.717, 1.165) is 18.5 Å². The SMILES string of the molecule is CCCCCCCC/C=C/CC1CCCN1c1ccc(C#N)cc1. The van der Waals surface area contributed by atoms with E-state index in [-0.39, 0.29) is 0 Å². The quantitative estimate of drug-likeness (QED) is 0.377. The van der Waals surface area contributed by atoms with Crippen molar-refractivity contribution >= 4 is 5.69 Å². The summed E-state index contributed by atoms with van der Waals surface area (Å²) in [5, 5.41) is 8.92. The summed E-state index contributed by atoms with van der Waals surface area (Å²) in [7, 11) is 0. The Morgan fingerprint density at radius 2 is 1.83 bits per heavy atom. The van der Waals surface area contributed by atoms with E-state index in [4.69, 9.17) is 5.26 Å². The lowest BCUT2D eigenvalue weighted by Gasteiger charge is -2.26. The molecule has 130 valence electrons. The Labute approximate surface area is 148 Å². The number of unbranched alkanes of at least 4 members (excludes halogenated alkanes) is 6.